The van der Waals surface area contributed by atoms with Crippen LogP contribution in [0, 0.1) is 0 Å². The molecule has 0 unspecified atom stereocenters. The monoisotopic (exact) mass is 336 g/mol. The van der Waals surface area contributed by atoms with Crippen LogP contribution in [0.3, 0.4) is 0 Å². The van der Waals surface area contributed by atoms with Crippen molar-refractivity contribution in [2.24, 2.45) is 0 Å². The summed E-state index contributed by atoms with van der Waals surface area (Å²) in [5.74, 6) is -0.340. The van der Waals surface area contributed by atoms with Crippen LogP contribution in [0.1, 0.15) is 32.8 Å². The van der Waals surface area contributed by atoms with Crippen LogP contribution in [0.2, 0.25) is 6.04 Å². The highest BCUT2D eigenvalue weighted by Crippen LogP contribution is 2.22. The largest absolute Gasteiger partial charge is 0.462 e. The first-order valence-electron chi connectivity index (χ1n) is 8.17. The fourth-order valence-corrected chi connectivity index (χ4v) is 5.78. The number of carbonyl (C=O) groups is 1. The smallest absolute Gasteiger partial charge is 0.342 e. The van der Waals surface area contributed by atoms with Crippen molar-refractivity contribution in [1.82, 2.24) is 0 Å². The van der Waals surface area contributed by atoms with Gasteiger partial charge >= 0.3 is 14.5 Å². The molecule has 4 nitrogen and oxygen atoms in total. The topological polar surface area (TPSA) is 44.8 Å². The minimum atomic E-state index is -2.35. The highest BCUT2D eigenvalue weighted by atomic mass is 28.4. The summed E-state index contributed by atoms with van der Waals surface area (Å²) < 4.78 is 17.4. The van der Waals surface area contributed by atoms with Crippen molar-refractivity contribution in [3.63, 3.8) is 0 Å². The molecule has 0 heterocycles. The van der Waals surface area contributed by atoms with Crippen molar-refractivity contribution < 1.29 is 18.4 Å². The second-order valence-corrected chi connectivity index (χ2v) is 8.71. The third kappa shape index (κ3) is 7.12. The molecule has 5 heteroatoms. The minimum Gasteiger partial charge on any atom is -0.462 e. The van der Waals surface area contributed by atoms with Gasteiger partial charge in [0, 0.05) is 24.8 Å². The van der Waals surface area contributed by atoms with Crippen LogP contribution in [0.5, 0.6) is 0 Å². The Morgan fingerprint density at radius 1 is 1.13 bits per heavy atom. The van der Waals surface area contributed by atoms with E-state index in [0.29, 0.717) is 25.4 Å². The number of esters is 1. The number of ether oxygens (including phenoxy) is 1. The maximum Gasteiger partial charge on any atom is 0.342 e. The lowest BCUT2D eigenvalue weighted by Gasteiger charge is -2.30. The fourth-order valence-electron chi connectivity index (χ4n) is 2.44. The van der Waals surface area contributed by atoms with Crippen molar-refractivity contribution in [2.45, 2.75) is 39.3 Å². The summed E-state index contributed by atoms with van der Waals surface area (Å²) in [5, 5.41) is 0. The lowest BCUT2D eigenvalue weighted by atomic mass is 10.2. The maximum absolute atomic E-state index is 11.4. The number of benzene rings is 1. The van der Waals surface area contributed by atoms with Crippen LogP contribution in [-0.2, 0) is 24.4 Å². The zero-order valence-corrected chi connectivity index (χ0v) is 15.5. The zero-order valence-electron chi connectivity index (χ0n) is 14.5. The molecule has 1 aromatic rings. The first-order chi connectivity index (χ1) is 11.0. The molecular formula is C18H28O4Si. The Balaban J connectivity index is 2.66. The molecule has 0 aromatic heterocycles. The van der Waals surface area contributed by atoms with Gasteiger partial charge in [-0.1, -0.05) is 36.9 Å². The van der Waals surface area contributed by atoms with Gasteiger partial charge in [-0.3, -0.25) is 0 Å². The molecule has 0 amide bonds. The van der Waals surface area contributed by atoms with Crippen LogP contribution < -0.4 is 0 Å². The van der Waals surface area contributed by atoms with Gasteiger partial charge in [-0.25, -0.2) is 4.79 Å². The summed E-state index contributed by atoms with van der Waals surface area (Å²) in [6, 6.07) is 11.9. The number of hydrogen-bond acceptors (Lipinski definition) is 4. The van der Waals surface area contributed by atoms with Gasteiger partial charge in [0.15, 0.2) is 0 Å². The van der Waals surface area contributed by atoms with E-state index in [-0.39, 0.29) is 5.97 Å². The van der Waals surface area contributed by atoms with Gasteiger partial charge < -0.3 is 13.6 Å². The van der Waals surface area contributed by atoms with Crippen LogP contribution in [0.15, 0.2) is 42.5 Å². The first-order valence-corrected chi connectivity index (χ1v) is 10.4. The van der Waals surface area contributed by atoms with E-state index in [0.717, 1.165) is 18.5 Å². The molecular weight excluding hydrogens is 308 g/mol. The van der Waals surface area contributed by atoms with Crippen LogP contribution in [0.4, 0.5) is 0 Å². The Bertz CT molecular complexity index is 481. The number of carbonyl (C=O) groups excluding carboxylic acids is 1. The summed E-state index contributed by atoms with van der Waals surface area (Å²) in [4.78, 5) is 11.4. The van der Waals surface area contributed by atoms with Gasteiger partial charge in [-0.2, -0.15) is 0 Å². The van der Waals surface area contributed by atoms with Crippen molar-refractivity contribution in [3.8, 4) is 0 Å². The van der Waals surface area contributed by atoms with Crippen molar-refractivity contribution in [3.05, 3.63) is 48.0 Å². The Labute approximate surface area is 140 Å². The molecule has 128 valence electrons. The van der Waals surface area contributed by atoms with Gasteiger partial charge in [-0.15, -0.1) is 0 Å². The number of hydrogen-bond donors (Lipinski definition) is 0. The molecule has 1 aromatic carbocycles. The summed E-state index contributed by atoms with van der Waals surface area (Å²) in [7, 11) is -2.35. The molecule has 0 bridgehead atoms. The van der Waals surface area contributed by atoms with E-state index >= 15 is 0 Å². The van der Waals surface area contributed by atoms with Crippen LogP contribution in [0.25, 0.3) is 0 Å². The lowest BCUT2D eigenvalue weighted by molar-refractivity contribution is -0.138. The second-order valence-electron chi connectivity index (χ2n) is 5.46. The summed E-state index contributed by atoms with van der Waals surface area (Å²) in [6.45, 7) is 10.8. The molecule has 0 aliphatic rings. The minimum absolute atomic E-state index is 0.340. The Morgan fingerprint density at radius 2 is 1.74 bits per heavy atom. The van der Waals surface area contributed by atoms with Crippen molar-refractivity contribution in [1.29, 1.82) is 0 Å². The fraction of sp³-hybridized carbons (Fsp3) is 0.500. The molecule has 0 N–H and O–H groups in total. The first kappa shape index (κ1) is 19.6. The third-order valence-corrected chi connectivity index (χ3v) is 7.11. The van der Waals surface area contributed by atoms with E-state index in [1.807, 2.05) is 32.0 Å². The second kappa shape index (κ2) is 10.4. The molecule has 0 radical (unpaired) electrons. The maximum atomic E-state index is 11.4. The van der Waals surface area contributed by atoms with E-state index < -0.39 is 8.56 Å². The predicted molar refractivity (Wildman–Crippen MR) is 94.3 cm³/mol. The Morgan fingerprint density at radius 3 is 2.26 bits per heavy atom. The molecule has 0 atom stereocenters. The molecule has 1 rings (SSSR count). The number of rotatable bonds is 11. The molecule has 0 saturated carbocycles. The SMILES string of the molecule is C=C(C)C(=O)OCCC[Si](Cc1ccccc1)(OCC)OCC. The van der Waals surface area contributed by atoms with E-state index in [1.165, 1.54) is 5.56 Å². The summed E-state index contributed by atoms with van der Waals surface area (Å²) in [5.41, 5.74) is 1.65. The van der Waals surface area contributed by atoms with Gasteiger partial charge in [0.25, 0.3) is 0 Å². The van der Waals surface area contributed by atoms with E-state index in [4.69, 9.17) is 13.6 Å². The lowest BCUT2D eigenvalue weighted by Crippen LogP contribution is -2.45. The quantitative estimate of drug-likeness (QED) is 0.267. The van der Waals surface area contributed by atoms with Crippen LogP contribution >= 0.6 is 0 Å². The molecule has 0 fully saturated rings. The van der Waals surface area contributed by atoms with Gasteiger partial charge in [0.2, 0.25) is 0 Å². The normalized spacial score (nSPS) is 11.3. The van der Waals surface area contributed by atoms with E-state index in [9.17, 15) is 4.79 Å². The standard InChI is InChI=1S/C18H28O4Si/c1-5-21-23(22-6-2,15-17-11-8-7-9-12-17)14-10-13-20-18(19)16(3)4/h7-9,11-12H,3,5-6,10,13-15H2,1-2,4H3. The molecule has 23 heavy (non-hydrogen) atoms. The Hall–Kier alpha value is -1.43. The molecule has 0 saturated heterocycles. The molecule has 0 aliphatic heterocycles. The van der Waals surface area contributed by atoms with Gasteiger partial charge in [-0.05, 0) is 38.8 Å². The van der Waals surface area contributed by atoms with Crippen molar-refractivity contribution >= 4 is 14.5 Å². The summed E-state index contributed by atoms with van der Waals surface area (Å²) >= 11 is 0. The molecule has 0 aliphatic carbocycles. The highest BCUT2D eigenvalue weighted by molar-refractivity contribution is 6.66. The predicted octanol–water partition coefficient (Wildman–Crippen LogP) is 3.79. The van der Waals surface area contributed by atoms with E-state index in [2.05, 4.69) is 18.7 Å². The average Bonchev–Trinajstić information content (AvgIpc) is 2.52. The van der Waals surface area contributed by atoms with Gasteiger partial charge in [0.05, 0.1) is 6.61 Å². The summed E-state index contributed by atoms with van der Waals surface area (Å²) in [6.07, 6.45) is 0.734. The zero-order chi connectivity index (χ0) is 17.1. The van der Waals surface area contributed by atoms with Gasteiger partial charge in [0.1, 0.15) is 0 Å². The van der Waals surface area contributed by atoms with Crippen LogP contribution in [-0.4, -0.2) is 34.4 Å². The highest BCUT2D eigenvalue weighted by Gasteiger charge is 2.36. The van der Waals surface area contributed by atoms with E-state index in [1.54, 1.807) is 6.92 Å². The molecule has 0 spiro atoms. The van der Waals surface area contributed by atoms with Crippen molar-refractivity contribution in [2.75, 3.05) is 19.8 Å². The third-order valence-electron chi connectivity index (χ3n) is 3.41. The Kier molecular flexibility index (Phi) is 8.84. The average molecular weight is 337 g/mol.